The number of hydrogen-bond acceptors (Lipinski definition) is 2. The van der Waals surface area contributed by atoms with Crippen LogP contribution in [0.1, 0.15) is 11.4 Å². The number of aromatic nitrogens is 1. The highest BCUT2D eigenvalue weighted by Gasteiger charge is 1.93. The molecule has 1 radical (unpaired) electrons. The normalized spacial score (nSPS) is 16.5. The lowest BCUT2D eigenvalue weighted by atomic mass is 10.1. The van der Waals surface area contributed by atoms with Crippen LogP contribution in [-0.4, -0.2) is 4.98 Å². The summed E-state index contributed by atoms with van der Waals surface area (Å²) in [6.45, 7) is 0. The molecule has 13 heavy (non-hydrogen) atoms. The Morgan fingerprint density at radius 3 is 3.08 bits per heavy atom. The molecular weight excluding hydrogens is 178 g/mol. The Bertz CT molecular complexity index is 344. The second-order valence-corrected chi connectivity index (χ2v) is 3.66. The van der Waals surface area contributed by atoms with Crippen molar-refractivity contribution in [1.82, 2.24) is 4.98 Å². The van der Waals surface area contributed by atoms with Crippen LogP contribution in [0.5, 0.6) is 0 Å². The maximum Gasteiger partial charge on any atom is 0.116 e. The van der Waals surface area contributed by atoms with E-state index in [2.05, 4.69) is 35.7 Å². The van der Waals surface area contributed by atoms with Gasteiger partial charge in [0, 0.05) is 11.6 Å². The first-order valence-corrected chi connectivity index (χ1v) is 5.11. The molecule has 0 saturated heterocycles. The van der Waals surface area contributed by atoms with Crippen LogP contribution in [0.3, 0.4) is 0 Å². The minimum atomic E-state index is 1.04. The van der Waals surface area contributed by atoms with Crippen LogP contribution < -0.4 is 0 Å². The fraction of sp³-hybridized carbons (Fsp3) is 0.0909. The van der Waals surface area contributed by atoms with Crippen molar-refractivity contribution in [1.29, 1.82) is 0 Å². The van der Waals surface area contributed by atoms with Gasteiger partial charge in [-0.1, -0.05) is 24.3 Å². The second-order valence-electron chi connectivity index (χ2n) is 2.74. The van der Waals surface area contributed by atoms with Gasteiger partial charge in [0.2, 0.25) is 0 Å². The highest BCUT2D eigenvalue weighted by molar-refractivity contribution is 7.10. The van der Waals surface area contributed by atoms with Gasteiger partial charge in [0.05, 0.1) is 0 Å². The highest BCUT2D eigenvalue weighted by Crippen LogP contribution is 2.13. The van der Waals surface area contributed by atoms with Crippen molar-refractivity contribution in [3.63, 3.8) is 0 Å². The molecule has 0 amide bonds. The Hall–Kier alpha value is -1.15. The number of thiazole rings is 1. The van der Waals surface area contributed by atoms with Crippen LogP contribution in [-0.2, 0) is 0 Å². The van der Waals surface area contributed by atoms with Crippen molar-refractivity contribution in [3.8, 4) is 0 Å². The van der Waals surface area contributed by atoms with Gasteiger partial charge in [-0.15, -0.1) is 11.3 Å². The number of hydrogen-bond donors (Lipinski definition) is 0. The van der Waals surface area contributed by atoms with Gasteiger partial charge in [-0.25, -0.2) is 4.98 Å². The lowest BCUT2D eigenvalue weighted by molar-refractivity contribution is 1.24. The maximum atomic E-state index is 4.17. The van der Waals surface area contributed by atoms with E-state index < -0.39 is 0 Å². The van der Waals surface area contributed by atoms with Crippen LogP contribution in [0.15, 0.2) is 41.5 Å². The standard InChI is InChI=1S/C11H10NS/c1-2-4-10(5-3-1)6-7-11-12-8-9-13-11/h1-2,4-9H,3H2/b7-6+. The van der Waals surface area contributed by atoms with Gasteiger partial charge >= 0.3 is 0 Å². The summed E-state index contributed by atoms with van der Waals surface area (Å²) in [5.41, 5.74) is 1.26. The van der Waals surface area contributed by atoms with Gasteiger partial charge < -0.3 is 0 Å². The Morgan fingerprint density at radius 2 is 2.38 bits per heavy atom. The zero-order valence-electron chi connectivity index (χ0n) is 7.18. The maximum absolute atomic E-state index is 4.17. The topological polar surface area (TPSA) is 12.9 Å². The molecule has 0 N–H and O–H groups in total. The van der Waals surface area contributed by atoms with Crippen molar-refractivity contribution in [2.24, 2.45) is 0 Å². The molecule has 1 heterocycles. The van der Waals surface area contributed by atoms with Crippen molar-refractivity contribution in [2.45, 2.75) is 6.42 Å². The lowest BCUT2D eigenvalue weighted by Gasteiger charge is -1.99. The molecular formula is C11H10NS. The van der Waals surface area contributed by atoms with E-state index in [1.165, 1.54) is 5.57 Å². The van der Waals surface area contributed by atoms with E-state index in [4.69, 9.17) is 0 Å². The van der Waals surface area contributed by atoms with Gasteiger partial charge in [-0.2, -0.15) is 0 Å². The van der Waals surface area contributed by atoms with Crippen molar-refractivity contribution < 1.29 is 0 Å². The third-order valence-electron chi connectivity index (χ3n) is 1.78. The molecule has 0 aromatic carbocycles. The predicted octanol–water partition coefficient (Wildman–Crippen LogP) is 3.25. The third kappa shape index (κ3) is 2.39. The quantitative estimate of drug-likeness (QED) is 0.694. The lowest BCUT2D eigenvalue weighted by Crippen LogP contribution is -1.80. The number of nitrogens with zero attached hydrogens (tertiary/aromatic N) is 1. The molecule has 0 aliphatic heterocycles. The van der Waals surface area contributed by atoms with Gasteiger partial charge in [0.15, 0.2) is 0 Å². The Balaban J connectivity index is 2.05. The van der Waals surface area contributed by atoms with Crippen LogP contribution in [0, 0.1) is 6.42 Å². The average Bonchev–Trinajstić information content (AvgIpc) is 2.69. The molecule has 2 rings (SSSR count). The molecule has 0 saturated carbocycles. The van der Waals surface area contributed by atoms with E-state index in [9.17, 15) is 0 Å². The number of rotatable bonds is 2. The monoisotopic (exact) mass is 188 g/mol. The van der Waals surface area contributed by atoms with E-state index in [0.29, 0.717) is 0 Å². The number of allylic oxidation sites excluding steroid dienone is 5. The summed E-state index contributed by atoms with van der Waals surface area (Å²) in [6.07, 6.45) is 15.5. The Kier molecular flexibility index (Phi) is 2.72. The molecule has 1 aromatic heterocycles. The first kappa shape index (κ1) is 8.45. The minimum absolute atomic E-state index is 1.04. The molecule has 1 aromatic rings. The summed E-state index contributed by atoms with van der Waals surface area (Å²) in [6, 6.07) is 0. The van der Waals surface area contributed by atoms with E-state index in [0.717, 1.165) is 11.4 Å². The van der Waals surface area contributed by atoms with Crippen molar-refractivity contribution >= 4 is 17.4 Å². The average molecular weight is 188 g/mol. The van der Waals surface area contributed by atoms with E-state index in [1.807, 2.05) is 17.7 Å². The third-order valence-corrected chi connectivity index (χ3v) is 2.52. The zero-order valence-corrected chi connectivity index (χ0v) is 8.00. The minimum Gasteiger partial charge on any atom is -0.245 e. The molecule has 1 aliphatic carbocycles. The summed E-state index contributed by atoms with van der Waals surface area (Å²) in [7, 11) is 0. The second kappa shape index (κ2) is 4.19. The molecule has 0 atom stereocenters. The first-order valence-electron chi connectivity index (χ1n) is 4.23. The molecule has 1 nitrogen and oxygen atoms in total. The molecule has 0 unspecified atom stereocenters. The van der Waals surface area contributed by atoms with Gasteiger partial charge in [-0.3, -0.25) is 0 Å². The van der Waals surface area contributed by atoms with E-state index >= 15 is 0 Å². The predicted molar refractivity (Wildman–Crippen MR) is 57.3 cm³/mol. The Morgan fingerprint density at radius 1 is 1.38 bits per heavy atom. The summed E-state index contributed by atoms with van der Waals surface area (Å²) < 4.78 is 0. The van der Waals surface area contributed by atoms with E-state index in [-0.39, 0.29) is 0 Å². The van der Waals surface area contributed by atoms with Crippen LogP contribution in [0.25, 0.3) is 6.08 Å². The SMILES string of the molecule is [CH]1C=CC(/C=C/c2nccs2)=CC1. The largest absolute Gasteiger partial charge is 0.245 e. The molecule has 0 spiro atoms. The van der Waals surface area contributed by atoms with Gasteiger partial charge in [0.1, 0.15) is 5.01 Å². The smallest absolute Gasteiger partial charge is 0.116 e. The van der Waals surface area contributed by atoms with Crippen LogP contribution in [0.4, 0.5) is 0 Å². The van der Waals surface area contributed by atoms with Crippen molar-refractivity contribution in [2.75, 3.05) is 0 Å². The molecule has 2 heteroatoms. The molecule has 0 bridgehead atoms. The van der Waals surface area contributed by atoms with Crippen molar-refractivity contribution in [3.05, 3.63) is 52.9 Å². The highest BCUT2D eigenvalue weighted by atomic mass is 32.1. The Labute approximate surface area is 82.1 Å². The molecule has 0 fully saturated rings. The zero-order chi connectivity index (χ0) is 8.93. The fourth-order valence-electron chi connectivity index (χ4n) is 1.14. The summed E-state index contributed by atoms with van der Waals surface area (Å²) in [5.74, 6) is 0. The van der Waals surface area contributed by atoms with Gasteiger partial charge in [0.25, 0.3) is 0 Å². The van der Waals surface area contributed by atoms with Gasteiger partial charge in [-0.05, 0) is 24.5 Å². The van der Waals surface area contributed by atoms with Crippen LogP contribution >= 0.6 is 11.3 Å². The summed E-state index contributed by atoms with van der Waals surface area (Å²) in [4.78, 5) is 4.17. The van der Waals surface area contributed by atoms with Crippen LogP contribution in [0.2, 0.25) is 0 Å². The first-order chi connectivity index (χ1) is 6.45. The van der Waals surface area contributed by atoms with E-state index in [1.54, 1.807) is 11.3 Å². The summed E-state index contributed by atoms with van der Waals surface area (Å²) >= 11 is 1.65. The molecule has 65 valence electrons. The fourth-order valence-corrected chi connectivity index (χ4v) is 1.67. The summed E-state index contributed by atoms with van der Waals surface area (Å²) in [5, 5.41) is 3.04. The molecule has 1 aliphatic rings.